The second-order valence-electron chi connectivity index (χ2n) is 7.40. The predicted molar refractivity (Wildman–Crippen MR) is 103 cm³/mol. The summed E-state index contributed by atoms with van der Waals surface area (Å²) in [6, 6.07) is 15.9. The molecule has 0 saturated carbocycles. The standard InChI is InChI=1S/C21H28N2O2/c1-21(2,3)17-8-10-18(11-9-17)22-20(24)15-23(4)14-16-6-12-19(25-5)13-7-16/h6-13H,14-15H2,1-5H3,(H,22,24). The van der Waals surface area contributed by atoms with Gasteiger partial charge in [0.15, 0.2) is 0 Å². The molecule has 4 heteroatoms. The Kier molecular flexibility index (Phi) is 6.21. The van der Waals surface area contributed by atoms with E-state index in [-0.39, 0.29) is 11.3 Å². The van der Waals surface area contributed by atoms with E-state index in [4.69, 9.17) is 4.74 Å². The van der Waals surface area contributed by atoms with Crippen LogP contribution in [0, 0.1) is 0 Å². The van der Waals surface area contributed by atoms with Crippen LogP contribution < -0.4 is 10.1 Å². The molecule has 0 aromatic heterocycles. The lowest BCUT2D eigenvalue weighted by Crippen LogP contribution is -2.29. The molecular formula is C21H28N2O2. The number of hydrogen-bond donors (Lipinski definition) is 1. The van der Waals surface area contributed by atoms with Crippen LogP contribution in [0.15, 0.2) is 48.5 Å². The SMILES string of the molecule is COc1ccc(CN(C)CC(=O)Nc2ccc(C(C)(C)C)cc2)cc1. The highest BCUT2D eigenvalue weighted by Gasteiger charge is 2.13. The number of anilines is 1. The average molecular weight is 340 g/mol. The first kappa shape index (κ1) is 19.0. The number of amides is 1. The van der Waals surface area contributed by atoms with Gasteiger partial charge in [-0.2, -0.15) is 0 Å². The van der Waals surface area contributed by atoms with Crippen molar-refractivity contribution in [3.63, 3.8) is 0 Å². The Morgan fingerprint density at radius 2 is 1.64 bits per heavy atom. The molecule has 0 saturated heterocycles. The van der Waals surface area contributed by atoms with Crippen molar-refractivity contribution in [1.82, 2.24) is 4.90 Å². The van der Waals surface area contributed by atoms with Crippen LogP contribution in [0.2, 0.25) is 0 Å². The molecule has 4 nitrogen and oxygen atoms in total. The van der Waals surface area contributed by atoms with Crippen LogP contribution in [0.25, 0.3) is 0 Å². The van der Waals surface area contributed by atoms with Gasteiger partial charge in [0.25, 0.3) is 0 Å². The van der Waals surface area contributed by atoms with Gasteiger partial charge in [0.05, 0.1) is 13.7 Å². The Labute approximate surface area is 150 Å². The number of methoxy groups -OCH3 is 1. The van der Waals surface area contributed by atoms with Gasteiger partial charge in [0.1, 0.15) is 5.75 Å². The zero-order valence-electron chi connectivity index (χ0n) is 15.8. The number of nitrogens with zero attached hydrogens (tertiary/aromatic N) is 1. The minimum atomic E-state index is -0.0143. The zero-order valence-corrected chi connectivity index (χ0v) is 15.8. The molecule has 2 aromatic rings. The second-order valence-corrected chi connectivity index (χ2v) is 7.40. The number of carbonyl (C=O) groups is 1. The third kappa shape index (κ3) is 5.91. The fourth-order valence-corrected chi connectivity index (χ4v) is 2.60. The minimum absolute atomic E-state index is 0.0143. The van der Waals surface area contributed by atoms with E-state index in [1.54, 1.807) is 7.11 Å². The molecule has 0 heterocycles. The van der Waals surface area contributed by atoms with Gasteiger partial charge in [-0.3, -0.25) is 9.69 Å². The van der Waals surface area contributed by atoms with Gasteiger partial charge >= 0.3 is 0 Å². The molecule has 0 aliphatic rings. The first-order chi connectivity index (χ1) is 11.8. The highest BCUT2D eigenvalue weighted by Crippen LogP contribution is 2.23. The Balaban J connectivity index is 1.86. The zero-order chi connectivity index (χ0) is 18.4. The smallest absolute Gasteiger partial charge is 0.238 e. The van der Waals surface area contributed by atoms with Crippen LogP contribution in [0.5, 0.6) is 5.75 Å². The van der Waals surface area contributed by atoms with Crippen LogP contribution in [-0.4, -0.2) is 31.5 Å². The van der Waals surface area contributed by atoms with E-state index in [9.17, 15) is 4.79 Å². The topological polar surface area (TPSA) is 41.6 Å². The van der Waals surface area contributed by atoms with Crippen molar-refractivity contribution in [3.8, 4) is 5.75 Å². The van der Waals surface area contributed by atoms with E-state index >= 15 is 0 Å². The summed E-state index contributed by atoms with van der Waals surface area (Å²) in [5, 5.41) is 2.95. The summed E-state index contributed by atoms with van der Waals surface area (Å²) in [6.45, 7) is 7.57. The molecule has 1 N–H and O–H groups in total. The molecule has 25 heavy (non-hydrogen) atoms. The summed E-state index contributed by atoms with van der Waals surface area (Å²) >= 11 is 0. The van der Waals surface area contributed by atoms with Crippen molar-refractivity contribution in [2.45, 2.75) is 32.7 Å². The fraction of sp³-hybridized carbons (Fsp3) is 0.381. The number of ether oxygens (including phenoxy) is 1. The monoisotopic (exact) mass is 340 g/mol. The van der Waals surface area contributed by atoms with E-state index in [1.807, 2.05) is 48.3 Å². The lowest BCUT2D eigenvalue weighted by Gasteiger charge is -2.20. The van der Waals surface area contributed by atoms with Crippen molar-refractivity contribution in [2.75, 3.05) is 26.0 Å². The molecule has 0 bridgehead atoms. The van der Waals surface area contributed by atoms with Crippen LogP contribution in [-0.2, 0) is 16.8 Å². The summed E-state index contributed by atoms with van der Waals surface area (Å²) in [5.74, 6) is 0.822. The molecule has 0 aliphatic carbocycles. The van der Waals surface area contributed by atoms with Gasteiger partial charge in [-0.25, -0.2) is 0 Å². The highest BCUT2D eigenvalue weighted by molar-refractivity contribution is 5.92. The van der Waals surface area contributed by atoms with Gasteiger partial charge in [0.2, 0.25) is 5.91 Å². The number of benzene rings is 2. The Bertz CT molecular complexity index is 685. The van der Waals surface area contributed by atoms with Crippen molar-refractivity contribution < 1.29 is 9.53 Å². The largest absolute Gasteiger partial charge is 0.497 e. The van der Waals surface area contributed by atoms with E-state index in [0.29, 0.717) is 13.1 Å². The van der Waals surface area contributed by atoms with E-state index in [0.717, 1.165) is 17.0 Å². The molecule has 0 atom stereocenters. The third-order valence-electron chi connectivity index (χ3n) is 4.06. The summed E-state index contributed by atoms with van der Waals surface area (Å²) < 4.78 is 5.16. The van der Waals surface area contributed by atoms with Crippen LogP contribution in [0.4, 0.5) is 5.69 Å². The number of nitrogens with one attached hydrogen (secondary N) is 1. The minimum Gasteiger partial charge on any atom is -0.497 e. The molecule has 0 spiro atoms. The number of rotatable bonds is 6. The molecule has 2 aromatic carbocycles. The van der Waals surface area contributed by atoms with Crippen molar-refractivity contribution >= 4 is 11.6 Å². The molecular weight excluding hydrogens is 312 g/mol. The fourth-order valence-electron chi connectivity index (χ4n) is 2.60. The van der Waals surface area contributed by atoms with Crippen molar-refractivity contribution in [2.24, 2.45) is 0 Å². The summed E-state index contributed by atoms with van der Waals surface area (Å²) in [7, 11) is 3.59. The molecule has 134 valence electrons. The van der Waals surface area contributed by atoms with Gasteiger partial charge in [-0.1, -0.05) is 45.0 Å². The maximum Gasteiger partial charge on any atom is 0.238 e. The van der Waals surface area contributed by atoms with Crippen LogP contribution >= 0.6 is 0 Å². The van der Waals surface area contributed by atoms with Gasteiger partial charge < -0.3 is 10.1 Å². The maximum absolute atomic E-state index is 12.2. The third-order valence-corrected chi connectivity index (χ3v) is 4.06. The van der Waals surface area contributed by atoms with Gasteiger partial charge in [-0.05, 0) is 47.9 Å². The lowest BCUT2D eigenvalue weighted by molar-refractivity contribution is -0.117. The molecule has 0 fully saturated rings. The predicted octanol–water partition coefficient (Wildman–Crippen LogP) is 4.06. The number of hydrogen-bond acceptors (Lipinski definition) is 3. The van der Waals surface area contributed by atoms with Crippen molar-refractivity contribution in [1.29, 1.82) is 0 Å². The van der Waals surface area contributed by atoms with Crippen LogP contribution in [0.3, 0.4) is 0 Å². The second kappa shape index (κ2) is 8.17. The van der Waals surface area contributed by atoms with Gasteiger partial charge in [0, 0.05) is 12.2 Å². The molecule has 0 unspecified atom stereocenters. The maximum atomic E-state index is 12.2. The summed E-state index contributed by atoms with van der Waals surface area (Å²) in [6.07, 6.45) is 0. The first-order valence-electron chi connectivity index (χ1n) is 8.50. The highest BCUT2D eigenvalue weighted by atomic mass is 16.5. The number of likely N-dealkylation sites (N-methyl/N-ethyl adjacent to an activating group) is 1. The Hall–Kier alpha value is -2.33. The first-order valence-corrected chi connectivity index (χ1v) is 8.50. The van der Waals surface area contributed by atoms with Crippen molar-refractivity contribution in [3.05, 3.63) is 59.7 Å². The van der Waals surface area contributed by atoms with Crippen LogP contribution in [0.1, 0.15) is 31.9 Å². The summed E-state index contributed by atoms with van der Waals surface area (Å²) in [4.78, 5) is 14.2. The molecule has 0 aliphatic heterocycles. The van der Waals surface area contributed by atoms with E-state index in [1.165, 1.54) is 5.56 Å². The Morgan fingerprint density at radius 3 is 2.16 bits per heavy atom. The average Bonchev–Trinajstić information content (AvgIpc) is 2.55. The molecule has 1 amide bonds. The quantitative estimate of drug-likeness (QED) is 0.862. The normalized spacial score (nSPS) is 11.4. The van der Waals surface area contributed by atoms with Gasteiger partial charge in [-0.15, -0.1) is 0 Å². The van der Waals surface area contributed by atoms with E-state index in [2.05, 4.69) is 38.2 Å². The number of carbonyl (C=O) groups excluding carboxylic acids is 1. The molecule has 2 rings (SSSR count). The lowest BCUT2D eigenvalue weighted by atomic mass is 9.87. The summed E-state index contributed by atoms with van der Waals surface area (Å²) in [5.41, 5.74) is 3.34. The molecule has 0 radical (unpaired) electrons. The Morgan fingerprint density at radius 1 is 1.04 bits per heavy atom. The van der Waals surface area contributed by atoms with E-state index < -0.39 is 0 Å².